The van der Waals surface area contributed by atoms with Gasteiger partial charge in [-0.15, -0.1) is 0 Å². The van der Waals surface area contributed by atoms with E-state index >= 15 is 0 Å². The van der Waals surface area contributed by atoms with Crippen LogP contribution in [0.15, 0.2) is 42.7 Å². The average Bonchev–Trinajstić information content (AvgIpc) is 3.06. The molecule has 1 fully saturated rings. The number of pyridine rings is 2. The molecule has 0 saturated carbocycles. The first-order valence-corrected chi connectivity index (χ1v) is 9.03. The summed E-state index contributed by atoms with van der Waals surface area (Å²) in [6.07, 6.45) is 4.52. The first-order chi connectivity index (χ1) is 12.6. The van der Waals surface area contributed by atoms with E-state index in [9.17, 15) is 4.79 Å². The number of rotatable bonds is 1. The van der Waals surface area contributed by atoms with E-state index in [0.29, 0.717) is 5.56 Å². The molecule has 26 heavy (non-hydrogen) atoms. The number of hydrogen-bond donors (Lipinski definition) is 0. The molecule has 2 aliphatic rings. The van der Waals surface area contributed by atoms with Crippen molar-refractivity contribution in [2.75, 3.05) is 22.9 Å². The van der Waals surface area contributed by atoms with Crippen LogP contribution in [-0.2, 0) is 0 Å². The van der Waals surface area contributed by atoms with Gasteiger partial charge in [0.05, 0.1) is 22.8 Å². The van der Waals surface area contributed by atoms with Gasteiger partial charge in [-0.3, -0.25) is 14.7 Å². The molecule has 0 spiro atoms. The third kappa shape index (κ3) is 2.13. The Bertz CT molecular complexity index is 1050. The summed E-state index contributed by atoms with van der Waals surface area (Å²) < 4.78 is 0. The van der Waals surface area contributed by atoms with Crippen molar-refractivity contribution in [3.8, 4) is 0 Å². The quantitative estimate of drug-likeness (QED) is 0.678. The summed E-state index contributed by atoms with van der Waals surface area (Å²) in [4.78, 5) is 27.0. The van der Waals surface area contributed by atoms with Crippen molar-refractivity contribution < 1.29 is 4.79 Å². The summed E-state index contributed by atoms with van der Waals surface area (Å²) in [6.45, 7) is 5.94. The van der Waals surface area contributed by atoms with Crippen molar-refractivity contribution in [2.45, 2.75) is 26.3 Å². The van der Waals surface area contributed by atoms with Gasteiger partial charge >= 0.3 is 0 Å². The smallest absolute Gasteiger partial charge is 0.262 e. The third-order valence-corrected chi connectivity index (χ3v) is 5.52. The zero-order chi connectivity index (χ0) is 17.8. The van der Waals surface area contributed by atoms with Crippen LogP contribution >= 0.6 is 0 Å². The van der Waals surface area contributed by atoms with Gasteiger partial charge in [-0.1, -0.05) is 0 Å². The highest BCUT2D eigenvalue weighted by Crippen LogP contribution is 2.39. The Morgan fingerprint density at radius 1 is 1.15 bits per heavy atom. The molecule has 4 heterocycles. The molecule has 2 aliphatic heterocycles. The summed E-state index contributed by atoms with van der Waals surface area (Å²) >= 11 is 0. The molecular formula is C21H20N4O. The predicted molar refractivity (Wildman–Crippen MR) is 103 cm³/mol. The number of benzene rings is 1. The largest absolute Gasteiger partial charge is 0.366 e. The maximum atomic E-state index is 13.7. The molecule has 5 heteroatoms. The maximum absolute atomic E-state index is 13.7. The van der Waals surface area contributed by atoms with E-state index in [2.05, 4.69) is 33.9 Å². The molecular weight excluding hydrogens is 324 g/mol. The minimum absolute atomic E-state index is 0.00306. The number of amides is 1. The third-order valence-electron chi connectivity index (χ3n) is 5.52. The van der Waals surface area contributed by atoms with Gasteiger partial charge in [-0.05, 0) is 61.7 Å². The molecule has 2 aromatic heterocycles. The second-order valence-electron chi connectivity index (χ2n) is 7.25. The standard InChI is InChI=1S/C21H20N4O/c1-13-10-16-14(2)5-8-22-19(16)17(11-13)21(26)25-15-6-9-24(12-15)18-4-3-7-23-20(18)25/h3-5,7-8,10-11,15H,6,9,12H2,1-2H3. The molecule has 1 atom stereocenters. The molecule has 2 bridgehead atoms. The lowest BCUT2D eigenvalue weighted by molar-refractivity contribution is 0.0978. The Labute approximate surface area is 152 Å². The summed E-state index contributed by atoms with van der Waals surface area (Å²) in [5.41, 5.74) is 4.70. The van der Waals surface area contributed by atoms with Gasteiger partial charge in [0.2, 0.25) is 0 Å². The fraction of sp³-hybridized carbons (Fsp3) is 0.286. The van der Waals surface area contributed by atoms with Crippen LogP contribution < -0.4 is 9.80 Å². The minimum Gasteiger partial charge on any atom is -0.366 e. The molecule has 0 N–H and O–H groups in total. The van der Waals surface area contributed by atoms with Gasteiger partial charge in [0.25, 0.3) is 5.91 Å². The Morgan fingerprint density at radius 2 is 2.04 bits per heavy atom. The molecule has 1 saturated heterocycles. The second-order valence-corrected chi connectivity index (χ2v) is 7.25. The molecule has 1 aromatic carbocycles. The van der Waals surface area contributed by atoms with Gasteiger partial charge < -0.3 is 4.90 Å². The van der Waals surface area contributed by atoms with Crippen molar-refractivity contribution >= 4 is 28.3 Å². The van der Waals surface area contributed by atoms with Crippen molar-refractivity contribution in [1.82, 2.24) is 9.97 Å². The lowest BCUT2D eigenvalue weighted by Crippen LogP contribution is -2.46. The zero-order valence-corrected chi connectivity index (χ0v) is 14.9. The molecule has 1 amide bonds. The second kappa shape index (κ2) is 5.53. The van der Waals surface area contributed by atoms with Crippen molar-refractivity contribution in [2.24, 2.45) is 0 Å². The number of aromatic nitrogens is 2. The molecule has 130 valence electrons. The van der Waals surface area contributed by atoms with Crippen LogP contribution in [0.1, 0.15) is 27.9 Å². The van der Waals surface area contributed by atoms with Gasteiger partial charge in [0.15, 0.2) is 5.82 Å². The first-order valence-electron chi connectivity index (χ1n) is 9.03. The molecule has 3 aromatic rings. The maximum Gasteiger partial charge on any atom is 0.262 e. The number of hydrogen-bond acceptors (Lipinski definition) is 4. The number of aryl methyl sites for hydroxylation is 2. The van der Waals surface area contributed by atoms with Crippen molar-refractivity contribution in [3.63, 3.8) is 0 Å². The number of carbonyl (C=O) groups is 1. The van der Waals surface area contributed by atoms with E-state index in [0.717, 1.165) is 53.0 Å². The van der Waals surface area contributed by atoms with Crippen LogP contribution in [0.3, 0.4) is 0 Å². The molecule has 5 nitrogen and oxygen atoms in total. The first kappa shape index (κ1) is 15.3. The van der Waals surface area contributed by atoms with Crippen molar-refractivity contribution in [3.05, 3.63) is 59.4 Å². The topological polar surface area (TPSA) is 49.3 Å². The van der Waals surface area contributed by atoms with E-state index in [1.807, 2.05) is 30.0 Å². The van der Waals surface area contributed by atoms with E-state index in [-0.39, 0.29) is 11.9 Å². The Morgan fingerprint density at radius 3 is 2.92 bits per heavy atom. The van der Waals surface area contributed by atoms with Crippen LogP contribution in [0.25, 0.3) is 10.9 Å². The van der Waals surface area contributed by atoms with Gasteiger partial charge in [-0.25, -0.2) is 4.98 Å². The lowest BCUT2D eigenvalue weighted by atomic mass is 10.0. The summed E-state index contributed by atoms with van der Waals surface area (Å²) in [6, 6.07) is 10.2. The minimum atomic E-state index is 0.00306. The van der Waals surface area contributed by atoms with Crippen LogP contribution in [0.4, 0.5) is 11.5 Å². The molecule has 1 unspecified atom stereocenters. The molecule has 0 radical (unpaired) electrons. The Hall–Kier alpha value is -2.95. The summed E-state index contributed by atoms with van der Waals surface area (Å²) in [5, 5.41) is 1.04. The van der Waals surface area contributed by atoms with Gasteiger partial charge in [-0.2, -0.15) is 0 Å². The fourth-order valence-electron chi connectivity index (χ4n) is 4.25. The SMILES string of the molecule is Cc1cc(C(=O)N2c3ncccc3N3CCC2C3)c2nccc(C)c2c1. The van der Waals surface area contributed by atoms with Gasteiger partial charge in [0.1, 0.15) is 0 Å². The highest BCUT2D eigenvalue weighted by atomic mass is 16.2. The molecule has 5 rings (SSSR count). The number of carbonyl (C=O) groups excluding carboxylic acids is 1. The highest BCUT2D eigenvalue weighted by molar-refractivity contribution is 6.15. The summed E-state index contributed by atoms with van der Waals surface area (Å²) in [5.74, 6) is 0.775. The molecule has 0 aliphatic carbocycles. The highest BCUT2D eigenvalue weighted by Gasteiger charge is 2.40. The van der Waals surface area contributed by atoms with Crippen LogP contribution in [-0.4, -0.2) is 35.0 Å². The van der Waals surface area contributed by atoms with E-state index in [1.165, 1.54) is 0 Å². The number of nitrogens with zero attached hydrogens (tertiary/aromatic N) is 4. The van der Waals surface area contributed by atoms with E-state index in [4.69, 9.17) is 0 Å². The normalized spacial score (nSPS) is 18.3. The predicted octanol–water partition coefficient (Wildman–Crippen LogP) is 3.49. The monoisotopic (exact) mass is 344 g/mol. The lowest BCUT2D eigenvalue weighted by Gasteiger charge is -2.35. The van der Waals surface area contributed by atoms with Gasteiger partial charge in [0, 0.05) is 30.9 Å². The Kier molecular flexibility index (Phi) is 3.26. The van der Waals surface area contributed by atoms with Crippen LogP contribution in [0, 0.1) is 13.8 Å². The van der Waals surface area contributed by atoms with Crippen LogP contribution in [0.2, 0.25) is 0 Å². The number of anilines is 2. The van der Waals surface area contributed by atoms with Crippen LogP contribution in [0.5, 0.6) is 0 Å². The zero-order valence-electron chi connectivity index (χ0n) is 14.9. The van der Waals surface area contributed by atoms with E-state index in [1.54, 1.807) is 12.4 Å². The summed E-state index contributed by atoms with van der Waals surface area (Å²) in [7, 11) is 0. The van der Waals surface area contributed by atoms with E-state index < -0.39 is 0 Å². The fourth-order valence-corrected chi connectivity index (χ4v) is 4.25. The van der Waals surface area contributed by atoms with Crippen molar-refractivity contribution in [1.29, 1.82) is 0 Å². The average molecular weight is 344 g/mol. The number of fused-ring (bicyclic) bond motifs is 5. The Balaban J connectivity index is 1.70.